The molecular weight excluding hydrogens is 176 g/mol. The van der Waals surface area contributed by atoms with Gasteiger partial charge >= 0.3 is 0 Å². The van der Waals surface area contributed by atoms with Crippen LogP contribution in [0, 0.1) is 11.3 Å². The lowest BCUT2D eigenvalue weighted by Gasteiger charge is -2.26. The highest BCUT2D eigenvalue weighted by molar-refractivity contribution is 5.76. The third kappa shape index (κ3) is 6.89. The summed E-state index contributed by atoms with van der Waals surface area (Å²) in [5.41, 5.74) is 5.47. The lowest BCUT2D eigenvalue weighted by molar-refractivity contribution is -0.121. The molecule has 0 radical (unpaired) electrons. The number of rotatable bonds is 6. The van der Waals surface area contributed by atoms with Gasteiger partial charge in [-0.05, 0) is 17.8 Å². The van der Waals surface area contributed by atoms with Crippen LogP contribution in [-0.4, -0.2) is 19.0 Å². The average molecular weight is 200 g/mol. The van der Waals surface area contributed by atoms with Crippen molar-refractivity contribution in [2.45, 2.75) is 40.5 Å². The molecule has 0 saturated heterocycles. The van der Waals surface area contributed by atoms with Crippen LogP contribution in [0.1, 0.15) is 40.5 Å². The third-order valence-electron chi connectivity index (χ3n) is 2.10. The molecule has 0 aromatic rings. The minimum atomic E-state index is 0.0596. The van der Waals surface area contributed by atoms with Gasteiger partial charge < -0.3 is 11.1 Å². The van der Waals surface area contributed by atoms with Gasteiger partial charge in [0.15, 0.2) is 0 Å². The Kier molecular flexibility index (Phi) is 5.77. The molecule has 3 heteroatoms. The molecular formula is C11H24N2O. The number of carbonyl (C=O) groups excluding carboxylic acids is 1. The van der Waals surface area contributed by atoms with Crippen molar-refractivity contribution in [3.05, 3.63) is 0 Å². The number of amides is 1. The SMILES string of the molecule is CC(C)CC(C)(C)CNC(=O)CCN. The molecule has 0 heterocycles. The summed E-state index contributed by atoms with van der Waals surface area (Å²) in [6.45, 7) is 9.92. The van der Waals surface area contributed by atoms with Crippen molar-refractivity contribution in [2.24, 2.45) is 17.1 Å². The molecule has 0 spiro atoms. The van der Waals surface area contributed by atoms with E-state index in [4.69, 9.17) is 5.73 Å². The lowest BCUT2D eigenvalue weighted by Crippen LogP contribution is -2.35. The van der Waals surface area contributed by atoms with Gasteiger partial charge in [-0.15, -0.1) is 0 Å². The minimum absolute atomic E-state index is 0.0596. The van der Waals surface area contributed by atoms with Crippen LogP contribution in [0.25, 0.3) is 0 Å². The van der Waals surface area contributed by atoms with Gasteiger partial charge in [-0.2, -0.15) is 0 Å². The highest BCUT2D eigenvalue weighted by Crippen LogP contribution is 2.23. The summed E-state index contributed by atoms with van der Waals surface area (Å²) < 4.78 is 0. The summed E-state index contributed by atoms with van der Waals surface area (Å²) in [5, 5.41) is 2.91. The lowest BCUT2D eigenvalue weighted by atomic mass is 9.84. The van der Waals surface area contributed by atoms with Crippen molar-refractivity contribution in [2.75, 3.05) is 13.1 Å². The molecule has 0 aromatic carbocycles. The summed E-state index contributed by atoms with van der Waals surface area (Å²) >= 11 is 0. The highest BCUT2D eigenvalue weighted by Gasteiger charge is 2.19. The van der Waals surface area contributed by atoms with E-state index in [9.17, 15) is 4.79 Å². The third-order valence-corrected chi connectivity index (χ3v) is 2.10. The van der Waals surface area contributed by atoms with Gasteiger partial charge in [-0.3, -0.25) is 4.79 Å². The second kappa shape index (κ2) is 6.02. The second-order valence-electron chi connectivity index (χ2n) is 5.08. The van der Waals surface area contributed by atoms with E-state index in [1.807, 2.05) is 0 Å². The quantitative estimate of drug-likeness (QED) is 0.683. The van der Waals surface area contributed by atoms with E-state index in [-0.39, 0.29) is 11.3 Å². The zero-order valence-corrected chi connectivity index (χ0v) is 9.89. The van der Waals surface area contributed by atoms with Gasteiger partial charge in [0.2, 0.25) is 5.91 Å². The molecule has 0 aromatic heterocycles. The molecule has 0 rings (SSSR count). The predicted octanol–water partition coefficient (Wildman–Crippen LogP) is 1.52. The first kappa shape index (κ1) is 13.4. The minimum Gasteiger partial charge on any atom is -0.356 e. The fourth-order valence-corrected chi connectivity index (χ4v) is 1.73. The zero-order valence-electron chi connectivity index (χ0n) is 9.89. The Hall–Kier alpha value is -0.570. The first-order valence-electron chi connectivity index (χ1n) is 5.34. The van der Waals surface area contributed by atoms with Crippen LogP contribution in [0.15, 0.2) is 0 Å². The molecule has 0 atom stereocenters. The molecule has 1 amide bonds. The van der Waals surface area contributed by atoms with Crippen molar-refractivity contribution >= 4 is 5.91 Å². The number of hydrogen-bond acceptors (Lipinski definition) is 2. The van der Waals surface area contributed by atoms with Crippen LogP contribution in [0.3, 0.4) is 0 Å². The highest BCUT2D eigenvalue weighted by atomic mass is 16.1. The first-order chi connectivity index (χ1) is 6.37. The maximum absolute atomic E-state index is 11.2. The van der Waals surface area contributed by atoms with E-state index in [1.54, 1.807) is 0 Å². The topological polar surface area (TPSA) is 55.1 Å². The largest absolute Gasteiger partial charge is 0.356 e. The summed E-state index contributed by atoms with van der Waals surface area (Å²) in [6, 6.07) is 0. The van der Waals surface area contributed by atoms with Gasteiger partial charge in [-0.1, -0.05) is 27.7 Å². The van der Waals surface area contributed by atoms with Crippen LogP contribution in [0.4, 0.5) is 0 Å². The fraction of sp³-hybridized carbons (Fsp3) is 0.909. The van der Waals surface area contributed by atoms with Crippen LogP contribution < -0.4 is 11.1 Å². The first-order valence-corrected chi connectivity index (χ1v) is 5.34. The summed E-state index contributed by atoms with van der Waals surface area (Å²) in [7, 11) is 0. The number of hydrogen-bond donors (Lipinski definition) is 2. The van der Waals surface area contributed by atoms with E-state index in [1.165, 1.54) is 0 Å². The Labute approximate surface area is 87.4 Å². The summed E-state index contributed by atoms with van der Waals surface area (Å²) in [4.78, 5) is 11.2. The van der Waals surface area contributed by atoms with Gasteiger partial charge in [0, 0.05) is 19.5 Å². The van der Waals surface area contributed by atoms with E-state index >= 15 is 0 Å². The number of carbonyl (C=O) groups is 1. The van der Waals surface area contributed by atoms with Gasteiger partial charge in [-0.25, -0.2) is 0 Å². The fourth-order valence-electron chi connectivity index (χ4n) is 1.73. The van der Waals surface area contributed by atoms with Gasteiger partial charge in [0.1, 0.15) is 0 Å². The predicted molar refractivity (Wildman–Crippen MR) is 59.9 cm³/mol. The van der Waals surface area contributed by atoms with Crippen molar-refractivity contribution < 1.29 is 4.79 Å². The summed E-state index contributed by atoms with van der Waals surface area (Å²) in [6.07, 6.45) is 1.55. The Morgan fingerprint density at radius 1 is 1.43 bits per heavy atom. The molecule has 0 unspecified atom stereocenters. The molecule has 0 fully saturated rings. The molecule has 3 nitrogen and oxygen atoms in total. The molecule has 3 N–H and O–H groups in total. The maximum Gasteiger partial charge on any atom is 0.221 e. The van der Waals surface area contributed by atoms with Gasteiger partial charge in [0.25, 0.3) is 0 Å². The van der Waals surface area contributed by atoms with E-state index < -0.39 is 0 Å². The van der Waals surface area contributed by atoms with Crippen LogP contribution in [0.5, 0.6) is 0 Å². The van der Waals surface area contributed by atoms with Crippen molar-refractivity contribution in [1.29, 1.82) is 0 Å². The molecule has 0 aliphatic heterocycles. The standard InChI is InChI=1S/C11H24N2O/c1-9(2)7-11(3,4)8-13-10(14)5-6-12/h9H,5-8,12H2,1-4H3,(H,13,14). The Morgan fingerprint density at radius 2 is 2.00 bits per heavy atom. The Morgan fingerprint density at radius 3 is 2.43 bits per heavy atom. The van der Waals surface area contributed by atoms with Crippen LogP contribution >= 0.6 is 0 Å². The van der Waals surface area contributed by atoms with E-state index in [0.29, 0.717) is 18.9 Å². The Balaban J connectivity index is 3.80. The maximum atomic E-state index is 11.2. The van der Waals surface area contributed by atoms with Gasteiger partial charge in [0.05, 0.1) is 0 Å². The number of nitrogens with one attached hydrogen (secondary N) is 1. The van der Waals surface area contributed by atoms with E-state index in [2.05, 4.69) is 33.0 Å². The number of nitrogens with two attached hydrogens (primary N) is 1. The van der Waals surface area contributed by atoms with Crippen molar-refractivity contribution in [3.63, 3.8) is 0 Å². The van der Waals surface area contributed by atoms with Crippen LogP contribution in [-0.2, 0) is 4.79 Å². The normalized spacial score (nSPS) is 11.9. The molecule has 0 saturated carbocycles. The Bertz CT molecular complexity index is 176. The molecule has 14 heavy (non-hydrogen) atoms. The second-order valence-corrected chi connectivity index (χ2v) is 5.08. The summed E-state index contributed by atoms with van der Waals surface area (Å²) in [5.74, 6) is 0.723. The smallest absolute Gasteiger partial charge is 0.221 e. The zero-order chi connectivity index (χ0) is 11.2. The molecule has 0 bridgehead atoms. The average Bonchev–Trinajstić information content (AvgIpc) is 1.99. The molecule has 0 aliphatic carbocycles. The van der Waals surface area contributed by atoms with Crippen LogP contribution in [0.2, 0.25) is 0 Å². The van der Waals surface area contributed by atoms with Crippen molar-refractivity contribution in [1.82, 2.24) is 5.32 Å². The van der Waals surface area contributed by atoms with E-state index in [0.717, 1.165) is 13.0 Å². The molecule has 0 aliphatic rings. The van der Waals surface area contributed by atoms with Crippen molar-refractivity contribution in [3.8, 4) is 0 Å². The monoisotopic (exact) mass is 200 g/mol. The molecule has 84 valence electrons.